The topological polar surface area (TPSA) is 64.6 Å². The smallest absolute Gasteiger partial charge is 0.229 e. The Kier molecular flexibility index (Phi) is 5.80. The van der Waals surface area contributed by atoms with E-state index in [0.717, 1.165) is 4.88 Å². The predicted octanol–water partition coefficient (Wildman–Crippen LogP) is 1.98. The molecule has 1 aromatic carbocycles. The van der Waals surface area contributed by atoms with E-state index in [4.69, 9.17) is 0 Å². The lowest BCUT2D eigenvalue weighted by molar-refractivity contribution is -0.136. The van der Waals surface area contributed by atoms with Gasteiger partial charge in [0.25, 0.3) is 0 Å². The van der Waals surface area contributed by atoms with Crippen LogP contribution in [0.5, 0.6) is 0 Å². The summed E-state index contributed by atoms with van der Waals surface area (Å²) in [4.78, 5) is 17.0. The molecule has 0 aliphatic carbocycles. The monoisotopic (exact) mass is 363 g/mol. The molecule has 0 radical (unpaired) electrons. The normalized spacial score (nSPS) is 20.0. The predicted molar refractivity (Wildman–Crippen MR) is 95.3 cm³/mol. The van der Waals surface area contributed by atoms with Gasteiger partial charge in [0.2, 0.25) is 5.91 Å². The van der Waals surface area contributed by atoms with Crippen molar-refractivity contribution in [1.82, 2.24) is 15.8 Å². The van der Waals surface area contributed by atoms with Gasteiger partial charge in [0.05, 0.1) is 25.1 Å². The average molecular weight is 363 g/mol. The third kappa shape index (κ3) is 4.07. The van der Waals surface area contributed by atoms with Gasteiger partial charge in [0, 0.05) is 28.4 Å². The lowest BCUT2D eigenvalue weighted by Crippen LogP contribution is -2.40. The maximum atomic E-state index is 14.1. The van der Waals surface area contributed by atoms with Crippen molar-refractivity contribution in [2.75, 3.05) is 19.7 Å². The molecule has 1 aliphatic heterocycles. The number of aliphatic hydroxyl groups is 1. The average Bonchev–Trinajstić information content (AvgIpc) is 3.23. The Morgan fingerprint density at radius 3 is 2.84 bits per heavy atom. The second-order valence-electron chi connectivity index (χ2n) is 6.13. The number of rotatable bonds is 6. The summed E-state index contributed by atoms with van der Waals surface area (Å²) in [5, 5.41) is 9.36. The van der Waals surface area contributed by atoms with Crippen LogP contribution in [0, 0.1) is 18.7 Å². The number of carbonyl (C=O) groups is 1. The van der Waals surface area contributed by atoms with Crippen LogP contribution in [0.2, 0.25) is 0 Å². The first kappa shape index (κ1) is 18.0. The van der Waals surface area contributed by atoms with Crippen LogP contribution in [-0.2, 0) is 11.3 Å². The number of benzene rings is 1. The van der Waals surface area contributed by atoms with Gasteiger partial charge < -0.3 is 10.0 Å². The fraction of sp³-hybridized carbons (Fsp3) is 0.389. The van der Waals surface area contributed by atoms with Gasteiger partial charge >= 0.3 is 0 Å². The van der Waals surface area contributed by atoms with Crippen molar-refractivity contribution < 1.29 is 14.3 Å². The van der Waals surface area contributed by atoms with Crippen molar-refractivity contribution in [3.8, 4) is 0 Å². The molecule has 1 saturated heterocycles. The molecule has 1 fully saturated rings. The molecule has 2 heterocycles. The Balaban J connectivity index is 1.79. The summed E-state index contributed by atoms with van der Waals surface area (Å²) in [5.74, 6) is -0.848. The summed E-state index contributed by atoms with van der Waals surface area (Å²) >= 11 is 1.63. The molecule has 0 bridgehead atoms. The second-order valence-corrected chi connectivity index (χ2v) is 7.50. The number of carbonyl (C=O) groups excluding carboxylic acids is 1. The zero-order valence-corrected chi connectivity index (χ0v) is 14.9. The first-order valence-corrected chi connectivity index (χ1v) is 9.09. The first-order valence-electron chi connectivity index (χ1n) is 8.28. The van der Waals surface area contributed by atoms with E-state index in [2.05, 4.69) is 10.9 Å². The van der Waals surface area contributed by atoms with Crippen LogP contribution in [0.25, 0.3) is 0 Å². The van der Waals surface area contributed by atoms with Gasteiger partial charge in [0.15, 0.2) is 0 Å². The van der Waals surface area contributed by atoms with Crippen LogP contribution < -0.4 is 10.9 Å². The Bertz CT molecular complexity index is 737. The van der Waals surface area contributed by atoms with Gasteiger partial charge in [-0.2, -0.15) is 0 Å². The van der Waals surface area contributed by atoms with Crippen LogP contribution in [0.4, 0.5) is 4.39 Å². The minimum absolute atomic E-state index is 0.0918. The number of aliphatic hydroxyl groups excluding tert-OH is 1. The number of amides is 1. The molecule has 2 aromatic rings. The summed E-state index contributed by atoms with van der Waals surface area (Å²) in [6.07, 6.45) is 0. The summed E-state index contributed by atoms with van der Waals surface area (Å²) in [6.45, 7) is 3.05. The third-order valence-corrected chi connectivity index (χ3v) is 5.35. The highest BCUT2D eigenvalue weighted by Gasteiger charge is 2.37. The number of nitrogens with zero attached hydrogens (tertiary/aromatic N) is 1. The van der Waals surface area contributed by atoms with E-state index >= 15 is 0 Å². The van der Waals surface area contributed by atoms with Gasteiger partial charge in [-0.3, -0.25) is 10.2 Å². The van der Waals surface area contributed by atoms with Crippen molar-refractivity contribution in [1.29, 1.82) is 0 Å². The molecule has 7 heteroatoms. The van der Waals surface area contributed by atoms with Crippen LogP contribution >= 0.6 is 11.3 Å². The fourth-order valence-corrected chi connectivity index (χ4v) is 4.04. The first-order chi connectivity index (χ1) is 12.1. The molecule has 5 nitrogen and oxygen atoms in total. The van der Waals surface area contributed by atoms with Crippen LogP contribution in [0.15, 0.2) is 36.4 Å². The maximum absolute atomic E-state index is 14.1. The lowest BCUT2D eigenvalue weighted by atomic mass is 9.93. The molecule has 134 valence electrons. The van der Waals surface area contributed by atoms with E-state index < -0.39 is 12.0 Å². The number of nitrogens with one attached hydrogen (secondary N) is 2. The number of aryl methyl sites for hydroxylation is 1. The molecule has 2 unspecified atom stereocenters. The molecule has 1 amide bonds. The number of halogens is 1. The fourth-order valence-electron chi connectivity index (χ4n) is 3.13. The number of hydrazine groups is 1. The molecule has 2 atom stereocenters. The molecule has 0 spiro atoms. The quantitative estimate of drug-likeness (QED) is 0.734. The SMILES string of the molecule is Cc1ccc(CN(CCO)C(=O)C2CNNC2c2ccccc2F)s1. The number of thiophene rings is 1. The van der Waals surface area contributed by atoms with E-state index in [1.165, 1.54) is 10.9 Å². The van der Waals surface area contributed by atoms with Crippen LogP contribution in [-0.4, -0.2) is 35.6 Å². The van der Waals surface area contributed by atoms with E-state index in [1.807, 2.05) is 19.1 Å². The van der Waals surface area contributed by atoms with Gasteiger partial charge in [-0.1, -0.05) is 18.2 Å². The molecule has 1 aromatic heterocycles. The highest BCUT2D eigenvalue weighted by molar-refractivity contribution is 7.11. The summed E-state index contributed by atoms with van der Waals surface area (Å²) in [7, 11) is 0. The summed E-state index contributed by atoms with van der Waals surface area (Å²) in [5.41, 5.74) is 6.46. The van der Waals surface area contributed by atoms with E-state index in [9.17, 15) is 14.3 Å². The lowest BCUT2D eigenvalue weighted by Gasteiger charge is -2.27. The molecule has 25 heavy (non-hydrogen) atoms. The van der Waals surface area contributed by atoms with Crippen molar-refractivity contribution in [3.05, 3.63) is 57.5 Å². The zero-order chi connectivity index (χ0) is 17.8. The largest absolute Gasteiger partial charge is 0.395 e. The van der Waals surface area contributed by atoms with Gasteiger partial charge in [-0.15, -0.1) is 11.3 Å². The maximum Gasteiger partial charge on any atom is 0.229 e. The van der Waals surface area contributed by atoms with E-state index in [-0.39, 0.29) is 24.9 Å². The Labute approximate surface area is 150 Å². The van der Waals surface area contributed by atoms with Gasteiger partial charge in [0.1, 0.15) is 5.82 Å². The molecule has 3 rings (SSSR count). The van der Waals surface area contributed by atoms with Gasteiger partial charge in [-0.05, 0) is 25.1 Å². The Hall–Kier alpha value is -1.80. The summed E-state index contributed by atoms with van der Waals surface area (Å²) in [6, 6.07) is 10.1. The van der Waals surface area contributed by atoms with Crippen molar-refractivity contribution >= 4 is 17.2 Å². The molecule has 0 saturated carbocycles. The Morgan fingerprint density at radius 2 is 2.16 bits per heavy atom. The van der Waals surface area contributed by atoms with Crippen molar-refractivity contribution in [2.45, 2.75) is 19.5 Å². The third-order valence-electron chi connectivity index (χ3n) is 4.36. The zero-order valence-electron chi connectivity index (χ0n) is 14.0. The van der Waals surface area contributed by atoms with E-state index in [1.54, 1.807) is 34.4 Å². The van der Waals surface area contributed by atoms with Crippen molar-refractivity contribution in [2.24, 2.45) is 5.92 Å². The Morgan fingerprint density at radius 1 is 1.36 bits per heavy atom. The second kappa shape index (κ2) is 8.05. The highest BCUT2D eigenvalue weighted by atomic mass is 32.1. The molecular formula is C18H22FN3O2S. The van der Waals surface area contributed by atoms with E-state index in [0.29, 0.717) is 18.7 Å². The van der Waals surface area contributed by atoms with Crippen LogP contribution in [0.3, 0.4) is 0 Å². The highest BCUT2D eigenvalue weighted by Crippen LogP contribution is 2.29. The van der Waals surface area contributed by atoms with Crippen LogP contribution in [0.1, 0.15) is 21.4 Å². The van der Waals surface area contributed by atoms with Gasteiger partial charge in [-0.25, -0.2) is 9.82 Å². The molecular weight excluding hydrogens is 341 g/mol. The molecule has 1 aliphatic rings. The molecule has 3 N–H and O–H groups in total. The standard InChI is InChI=1S/C18H22FN3O2S/c1-12-6-7-13(25-12)11-22(8-9-23)18(24)15-10-20-21-17(15)14-4-2-3-5-16(14)19/h2-7,15,17,20-21,23H,8-11H2,1H3. The summed E-state index contributed by atoms with van der Waals surface area (Å²) < 4.78 is 14.1. The minimum atomic E-state index is -0.431. The minimum Gasteiger partial charge on any atom is -0.395 e. The number of hydrogen-bond donors (Lipinski definition) is 3. The number of hydrogen-bond acceptors (Lipinski definition) is 5. The van der Waals surface area contributed by atoms with Crippen molar-refractivity contribution in [3.63, 3.8) is 0 Å².